The van der Waals surface area contributed by atoms with E-state index in [1.807, 2.05) is 62.4 Å². The van der Waals surface area contributed by atoms with Crippen LogP contribution in [0, 0.1) is 0 Å². The molecule has 3 rings (SSSR count). The highest BCUT2D eigenvalue weighted by atomic mass is 79.9. The summed E-state index contributed by atoms with van der Waals surface area (Å²) in [5, 5.41) is 2.93. The third-order valence-corrected chi connectivity index (χ3v) is 4.44. The van der Waals surface area contributed by atoms with Gasteiger partial charge >= 0.3 is 0 Å². The number of anilines is 1. The van der Waals surface area contributed by atoms with Crippen LogP contribution in [0.2, 0.25) is 0 Å². The number of carbonyl (C=O) groups excluding carboxylic acids is 1. The second-order valence-corrected chi connectivity index (χ2v) is 6.65. The van der Waals surface area contributed by atoms with E-state index in [9.17, 15) is 4.79 Å². The Hall–Kier alpha value is -1.98. The standard InChI is InChI=1S/C19H19BrN2O2/c1-3-12(2)24-19-18(23)21-16-10-9-14(20)11-15(16)17(22-19)13-7-5-4-6-8-13/h4-12,19H,3H2,1-2H3,(H,21,23). The third-order valence-electron chi connectivity index (χ3n) is 3.95. The van der Waals surface area contributed by atoms with E-state index in [1.165, 1.54) is 0 Å². The predicted molar refractivity (Wildman–Crippen MR) is 99.5 cm³/mol. The summed E-state index contributed by atoms with van der Waals surface area (Å²) in [6.45, 7) is 3.96. The maximum absolute atomic E-state index is 12.5. The van der Waals surface area contributed by atoms with Crippen LogP contribution in [0.25, 0.3) is 0 Å². The van der Waals surface area contributed by atoms with Crippen molar-refractivity contribution in [1.82, 2.24) is 0 Å². The number of halogens is 1. The molecule has 0 aliphatic carbocycles. The van der Waals surface area contributed by atoms with Crippen LogP contribution in [0.15, 0.2) is 58.0 Å². The molecule has 1 aliphatic rings. The van der Waals surface area contributed by atoms with Gasteiger partial charge in [0, 0.05) is 15.6 Å². The summed E-state index contributed by atoms with van der Waals surface area (Å²) in [5.74, 6) is -0.246. The molecule has 124 valence electrons. The van der Waals surface area contributed by atoms with Gasteiger partial charge in [-0.15, -0.1) is 0 Å². The number of carbonyl (C=O) groups is 1. The van der Waals surface area contributed by atoms with Crippen LogP contribution in [0.1, 0.15) is 31.4 Å². The second-order valence-electron chi connectivity index (χ2n) is 5.73. The van der Waals surface area contributed by atoms with Crippen LogP contribution in [0.4, 0.5) is 5.69 Å². The number of benzene rings is 2. The summed E-state index contributed by atoms with van der Waals surface area (Å²) in [4.78, 5) is 17.2. The number of ether oxygens (including phenoxy) is 1. The zero-order valence-corrected chi connectivity index (χ0v) is 15.2. The van der Waals surface area contributed by atoms with E-state index in [-0.39, 0.29) is 12.0 Å². The molecule has 5 heteroatoms. The second kappa shape index (κ2) is 7.28. The van der Waals surface area contributed by atoms with E-state index in [4.69, 9.17) is 4.74 Å². The SMILES string of the molecule is CCC(C)OC1N=C(c2ccccc2)c2cc(Br)ccc2NC1=O. The van der Waals surface area contributed by atoms with E-state index < -0.39 is 6.23 Å². The molecule has 2 atom stereocenters. The molecule has 0 saturated heterocycles. The minimum atomic E-state index is -0.860. The van der Waals surface area contributed by atoms with Crippen molar-refractivity contribution in [3.05, 3.63) is 64.1 Å². The molecule has 0 bridgehead atoms. The average Bonchev–Trinajstić information content (AvgIpc) is 2.72. The summed E-state index contributed by atoms with van der Waals surface area (Å²) in [7, 11) is 0. The first-order valence-corrected chi connectivity index (χ1v) is 8.77. The predicted octanol–water partition coefficient (Wildman–Crippen LogP) is 4.38. The van der Waals surface area contributed by atoms with Gasteiger partial charge in [-0.05, 0) is 31.5 Å². The van der Waals surface area contributed by atoms with Gasteiger partial charge in [0.15, 0.2) is 0 Å². The number of nitrogens with one attached hydrogen (secondary N) is 1. The molecule has 1 aliphatic heterocycles. The van der Waals surface area contributed by atoms with Gasteiger partial charge in [-0.2, -0.15) is 0 Å². The minimum absolute atomic E-state index is 0.0468. The topological polar surface area (TPSA) is 50.7 Å². The van der Waals surface area contributed by atoms with Crippen LogP contribution in [0.3, 0.4) is 0 Å². The first kappa shape index (κ1) is 16.9. The number of hydrogen-bond donors (Lipinski definition) is 1. The fourth-order valence-corrected chi connectivity index (χ4v) is 2.86. The van der Waals surface area contributed by atoms with Crippen LogP contribution in [0.5, 0.6) is 0 Å². The number of benzodiazepines with no additional fused rings is 1. The zero-order valence-electron chi connectivity index (χ0n) is 13.6. The first-order chi connectivity index (χ1) is 11.6. The number of aliphatic imine (C=N–C) groups is 1. The molecule has 2 aromatic rings. The van der Waals surface area contributed by atoms with E-state index in [1.54, 1.807) is 0 Å². The largest absolute Gasteiger partial charge is 0.345 e. The molecule has 1 N–H and O–H groups in total. The van der Waals surface area contributed by atoms with Gasteiger partial charge in [0.2, 0.25) is 6.23 Å². The molecule has 0 saturated carbocycles. The number of rotatable bonds is 4. The summed E-state index contributed by atoms with van der Waals surface area (Å²) >= 11 is 3.50. The van der Waals surface area contributed by atoms with Crippen molar-refractivity contribution >= 4 is 33.2 Å². The van der Waals surface area contributed by atoms with Gasteiger partial charge in [0.25, 0.3) is 5.91 Å². The minimum Gasteiger partial charge on any atom is -0.345 e. The quantitative estimate of drug-likeness (QED) is 0.847. The molecule has 2 aromatic carbocycles. The van der Waals surface area contributed by atoms with E-state index in [0.29, 0.717) is 0 Å². The van der Waals surface area contributed by atoms with Crippen molar-refractivity contribution in [2.45, 2.75) is 32.6 Å². The van der Waals surface area contributed by atoms with Crippen LogP contribution in [-0.2, 0) is 9.53 Å². The van der Waals surface area contributed by atoms with Crippen LogP contribution in [-0.4, -0.2) is 24.0 Å². The lowest BCUT2D eigenvalue weighted by Gasteiger charge is -2.16. The average molecular weight is 387 g/mol. The van der Waals surface area contributed by atoms with Crippen molar-refractivity contribution in [2.75, 3.05) is 5.32 Å². The molecule has 1 heterocycles. The molecule has 1 amide bonds. The fraction of sp³-hybridized carbons (Fsp3) is 0.263. The molecule has 24 heavy (non-hydrogen) atoms. The smallest absolute Gasteiger partial charge is 0.276 e. The molecule has 0 aromatic heterocycles. The number of nitrogens with zero attached hydrogens (tertiary/aromatic N) is 1. The van der Waals surface area contributed by atoms with Crippen molar-refractivity contribution < 1.29 is 9.53 Å². The Morgan fingerprint density at radius 3 is 2.71 bits per heavy atom. The maximum atomic E-state index is 12.5. The van der Waals surface area contributed by atoms with Gasteiger partial charge in [-0.1, -0.05) is 53.2 Å². The molecule has 0 radical (unpaired) electrons. The van der Waals surface area contributed by atoms with Gasteiger partial charge in [0.05, 0.1) is 17.5 Å². The highest BCUT2D eigenvalue weighted by Crippen LogP contribution is 2.28. The highest BCUT2D eigenvalue weighted by Gasteiger charge is 2.27. The molecular formula is C19H19BrN2O2. The summed E-state index contributed by atoms with van der Waals surface area (Å²) in [6, 6.07) is 15.6. The number of fused-ring (bicyclic) bond motifs is 1. The first-order valence-electron chi connectivity index (χ1n) is 7.98. The molecule has 4 nitrogen and oxygen atoms in total. The van der Waals surface area contributed by atoms with Crippen molar-refractivity contribution in [2.24, 2.45) is 4.99 Å². The monoisotopic (exact) mass is 386 g/mol. The lowest BCUT2D eigenvalue weighted by Crippen LogP contribution is -2.31. The number of hydrogen-bond acceptors (Lipinski definition) is 3. The molecule has 0 fully saturated rings. The Kier molecular flexibility index (Phi) is 5.11. The van der Waals surface area contributed by atoms with Crippen molar-refractivity contribution in [3.8, 4) is 0 Å². The number of amides is 1. The zero-order chi connectivity index (χ0) is 17.1. The lowest BCUT2D eigenvalue weighted by atomic mass is 10.0. The Bertz CT molecular complexity index is 774. The summed E-state index contributed by atoms with van der Waals surface area (Å²) in [6.07, 6.45) is -0.0887. The van der Waals surface area contributed by atoms with Gasteiger partial charge in [0.1, 0.15) is 0 Å². The normalized spacial score (nSPS) is 18.2. The van der Waals surface area contributed by atoms with Gasteiger partial charge in [-0.3, -0.25) is 4.79 Å². The van der Waals surface area contributed by atoms with Gasteiger partial charge in [-0.25, -0.2) is 4.99 Å². The highest BCUT2D eigenvalue weighted by molar-refractivity contribution is 9.10. The van der Waals surface area contributed by atoms with Crippen molar-refractivity contribution in [1.29, 1.82) is 0 Å². The van der Waals surface area contributed by atoms with Gasteiger partial charge < -0.3 is 10.1 Å². The Balaban J connectivity index is 2.12. The Morgan fingerprint density at radius 1 is 1.25 bits per heavy atom. The fourth-order valence-electron chi connectivity index (χ4n) is 2.50. The Morgan fingerprint density at radius 2 is 2.00 bits per heavy atom. The van der Waals surface area contributed by atoms with Crippen molar-refractivity contribution in [3.63, 3.8) is 0 Å². The molecular weight excluding hydrogens is 368 g/mol. The van der Waals surface area contributed by atoms with E-state index >= 15 is 0 Å². The lowest BCUT2D eigenvalue weighted by molar-refractivity contribution is -0.130. The Labute approximate surface area is 150 Å². The third kappa shape index (κ3) is 3.57. The van der Waals surface area contributed by atoms with Crippen LogP contribution >= 0.6 is 15.9 Å². The molecule has 2 unspecified atom stereocenters. The summed E-state index contributed by atoms with van der Waals surface area (Å²) < 4.78 is 6.77. The summed E-state index contributed by atoms with van der Waals surface area (Å²) in [5.41, 5.74) is 3.31. The van der Waals surface area contributed by atoms with Crippen LogP contribution < -0.4 is 5.32 Å². The molecule has 0 spiro atoms. The maximum Gasteiger partial charge on any atom is 0.276 e. The van der Waals surface area contributed by atoms with E-state index in [0.717, 1.165) is 33.4 Å². The van der Waals surface area contributed by atoms with E-state index in [2.05, 4.69) is 26.2 Å².